The third kappa shape index (κ3) is 2.74. The van der Waals surface area contributed by atoms with E-state index in [0.717, 1.165) is 5.56 Å². The summed E-state index contributed by atoms with van der Waals surface area (Å²) < 4.78 is 5.23. The largest absolute Gasteiger partial charge is 0.465 e. The fourth-order valence-electron chi connectivity index (χ4n) is 1.93. The first kappa shape index (κ1) is 12.9. The number of benzene rings is 2. The van der Waals surface area contributed by atoms with Crippen molar-refractivity contribution >= 4 is 11.8 Å². The van der Waals surface area contributed by atoms with Gasteiger partial charge in [-0.1, -0.05) is 47.6 Å². The van der Waals surface area contributed by atoms with Crippen LogP contribution < -0.4 is 5.32 Å². The molecule has 1 amide bonds. The first-order valence-corrected chi connectivity index (χ1v) is 6.22. The Morgan fingerprint density at radius 2 is 1.76 bits per heavy atom. The van der Waals surface area contributed by atoms with E-state index >= 15 is 0 Å². The van der Waals surface area contributed by atoms with E-state index in [2.05, 4.69) is 15.5 Å². The molecular weight excluding hydrogens is 270 g/mol. The molecule has 1 heterocycles. The van der Waals surface area contributed by atoms with Crippen LogP contribution in [0, 0.1) is 0 Å². The Morgan fingerprint density at radius 1 is 1.05 bits per heavy atom. The van der Waals surface area contributed by atoms with E-state index in [1.165, 1.54) is 0 Å². The first-order valence-electron chi connectivity index (χ1n) is 6.22. The molecule has 0 spiro atoms. The predicted octanol–water partition coefficient (Wildman–Crippen LogP) is 3.49. The maximum Gasteiger partial charge on any atom is 0.409 e. The van der Waals surface area contributed by atoms with Gasteiger partial charge in [-0.2, -0.15) is 4.98 Å². The number of nitrogens with one attached hydrogen (secondary N) is 1. The van der Waals surface area contributed by atoms with Crippen molar-refractivity contribution < 1.29 is 14.4 Å². The zero-order valence-electron chi connectivity index (χ0n) is 10.9. The molecule has 2 aromatic carbocycles. The molecule has 0 saturated heterocycles. The Balaban J connectivity index is 1.99. The van der Waals surface area contributed by atoms with Crippen LogP contribution in [-0.2, 0) is 0 Å². The number of carbonyl (C=O) groups is 1. The lowest BCUT2D eigenvalue weighted by molar-refractivity contribution is 0.210. The van der Waals surface area contributed by atoms with Gasteiger partial charge in [-0.05, 0) is 12.1 Å². The Hall–Kier alpha value is -3.15. The minimum atomic E-state index is -1.15. The van der Waals surface area contributed by atoms with Crippen LogP contribution in [-0.4, -0.2) is 21.3 Å². The van der Waals surface area contributed by atoms with E-state index in [9.17, 15) is 4.79 Å². The SMILES string of the molecule is O=C(O)Nc1ccccc1-c1nc(-c2ccccc2)no1. The van der Waals surface area contributed by atoms with E-state index in [1.807, 2.05) is 30.3 Å². The number of hydrogen-bond donors (Lipinski definition) is 2. The number of anilines is 1. The zero-order chi connectivity index (χ0) is 14.7. The van der Waals surface area contributed by atoms with Crippen LogP contribution in [0.25, 0.3) is 22.8 Å². The Kier molecular flexibility index (Phi) is 3.34. The summed E-state index contributed by atoms with van der Waals surface area (Å²) in [4.78, 5) is 15.1. The van der Waals surface area contributed by atoms with Gasteiger partial charge in [0.1, 0.15) is 0 Å². The highest BCUT2D eigenvalue weighted by molar-refractivity contribution is 5.88. The third-order valence-corrected chi connectivity index (χ3v) is 2.86. The topological polar surface area (TPSA) is 88.2 Å². The summed E-state index contributed by atoms with van der Waals surface area (Å²) in [5.41, 5.74) is 1.76. The van der Waals surface area contributed by atoms with Crippen molar-refractivity contribution in [3.63, 3.8) is 0 Å². The van der Waals surface area contributed by atoms with Crippen molar-refractivity contribution in [1.82, 2.24) is 10.1 Å². The van der Waals surface area contributed by atoms with Crippen LogP contribution in [0.1, 0.15) is 0 Å². The van der Waals surface area contributed by atoms with Gasteiger partial charge in [-0.15, -0.1) is 0 Å². The molecule has 0 radical (unpaired) electrons. The summed E-state index contributed by atoms with van der Waals surface area (Å²) in [5.74, 6) is 0.717. The van der Waals surface area contributed by atoms with Gasteiger partial charge in [0.15, 0.2) is 0 Å². The molecule has 0 fully saturated rings. The molecule has 3 aromatic rings. The van der Waals surface area contributed by atoms with Crippen LogP contribution in [0.4, 0.5) is 10.5 Å². The normalized spacial score (nSPS) is 10.3. The van der Waals surface area contributed by atoms with E-state index < -0.39 is 6.09 Å². The number of amides is 1. The molecule has 1 aromatic heterocycles. The van der Waals surface area contributed by atoms with Gasteiger partial charge >= 0.3 is 6.09 Å². The van der Waals surface area contributed by atoms with Gasteiger partial charge in [0.25, 0.3) is 5.89 Å². The maximum atomic E-state index is 10.8. The minimum Gasteiger partial charge on any atom is -0.465 e. The van der Waals surface area contributed by atoms with Crippen molar-refractivity contribution in [2.45, 2.75) is 0 Å². The van der Waals surface area contributed by atoms with Gasteiger partial charge in [0.2, 0.25) is 5.82 Å². The Bertz CT molecular complexity index is 769. The number of rotatable bonds is 3. The minimum absolute atomic E-state index is 0.262. The lowest BCUT2D eigenvalue weighted by Gasteiger charge is -2.04. The fraction of sp³-hybridized carbons (Fsp3) is 0. The van der Waals surface area contributed by atoms with Crippen molar-refractivity contribution in [2.75, 3.05) is 5.32 Å². The van der Waals surface area contributed by atoms with Gasteiger partial charge < -0.3 is 9.63 Å². The number of hydrogen-bond acceptors (Lipinski definition) is 4. The second kappa shape index (κ2) is 5.46. The van der Waals surface area contributed by atoms with Crippen LogP contribution in [0.15, 0.2) is 59.1 Å². The van der Waals surface area contributed by atoms with Crippen LogP contribution in [0.5, 0.6) is 0 Å². The van der Waals surface area contributed by atoms with E-state index in [4.69, 9.17) is 9.63 Å². The monoisotopic (exact) mass is 281 g/mol. The van der Waals surface area contributed by atoms with E-state index in [0.29, 0.717) is 17.1 Å². The maximum absolute atomic E-state index is 10.8. The van der Waals surface area contributed by atoms with Crippen LogP contribution in [0.3, 0.4) is 0 Å². The molecule has 0 aliphatic heterocycles. The van der Waals surface area contributed by atoms with Crippen LogP contribution in [0.2, 0.25) is 0 Å². The molecule has 21 heavy (non-hydrogen) atoms. The third-order valence-electron chi connectivity index (χ3n) is 2.86. The second-order valence-corrected chi connectivity index (χ2v) is 4.26. The van der Waals surface area contributed by atoms with Crippen molar-refractivity contribution in [2.24, 2.45) is 0 Å². The molecule has 104 valence electrons. The van der Waals surface area contributed by atoms with Gasteiger partial charge in [0.05, 0.1) is 11.3 Å². The summed E-state index contributed by atoms with van der Waals surface area (Å²) in [6.45, 7) is 0. The molecule has 0 saturated carbocycles. The Labute approximate surface area is 120 Å². The summed E-state index contributed by atoms with van der Waals surface area (Å²) in [6.07, 6.45) is -1.15. The molecule has 6 nitrogen and oxygen atoms in total. The summed E-state index contributed by atoms with van der Waals surface area (Å²) in [5, 5.41) is 15.1. The molecule has 0 bridgehead atoms. The standard InChI is InChI=1S/C15H11N3O3/c19-15(20)16-12-9-5-4-8-11(12)14-17-13(18-21-14)10-6-2-1-3-7-10/h1-9,16H,(H,19,20). The Morgan fingerprint density at radius 3 is 2.52 bits per heavy atom. The molecule has 2 N–H and O–H groups in total. The lowest BCUT2D eigenvalue weighted by Crippen LogP contribution is -2.08. The number of aromatic nitrogens is 2. The second-order valence-electron chi connectivity index (χ2n) is 4.26. The van der Waals surface area contributed by atoms with Crippen LogP contribution >= 0.6 is 0 Å². The van der Waals surface area contributed by atoms with Gasteiger partial charge in [0, 0.05) is 5.56 Å². The average molecular weight is 281 g/mol. The number of carboxylic acid groups (broad SMARTS) is 1. The summed E-state index contributed by atoms with van der Waals surface area (Å²) in [7, 11) is 0. The van der Waals surface area contributed by atoms with Gasteiger partial charge in [-0.3, -0.25) is 5.32 Å². The quantitative estimate of drug-likeness (QED) is 0.767. The predicted molar refractivity (Wildman–Crippen MR) is 76.8 cm³/mol. The molecule has 0 atom stereocenters. The number of para-hydroxylation sites is 1. The zero-order valence-corrected chi connectivity index (χ0v) is 10.9. The van der Waals surface area contributed by atoms with Crippen molar-refractivity contribution in [3.8, 4) is 22.8 Å². The first-order chi connectivity index (χ1) is 10.2. The van der Waals surface area contributed by atoms with Crippen molar-refractivity contribution in [3.05, 3.63) is 54.6 Å². The molecule has 6 heteroatoms. The molecule has 0 aliphatic carbocycles. The van der Waals surface area contributed by atoms with Gasteiger partial charge in [-0.25, -0.2) is 4.79 Å². The lowest BCUT2D eigenvalue weighted by atomic mass is 10.1. The molecule has 0 aliphatic rings. The smallest absolute Gasteiger partial charge is 0.409 e. The van der Waals surface area contributed by atoms with E-state index in [1.54, 1.807) is 24.3 Å². The highest BCUT2D eigenvalue weighted by atomic mass is 16.5. The van der Waals surface area contributed by atoms with E-state index in [-0.39, 0.29) is 5.89 Å². The number of nitrogens with zero attached hydrogens (tertiary/aromatic N) is 2. The fourth-order valence-corrected chi connectivity index (χ4v) is 1.93. The van der Waals surface area contributed by atoms with Crippen molar-refractivity contribution in [1.29, 1.82) is 0 Å². The summed E-state index contributed by atoms with van der Waals surface area (Å²) >= 11 is 0. The molecule has 0 unspecified atom stereocenters. The summed E-state index contributed by atoms with van der Waals surface area (Å²) in [6, 6.07) is 16.3. The molecular formula is C15H11N3O3. The highest BCUT2D eigenvalue weighted by Gasteiger charge is 2.14. The molecule has 3 rings (SSSR count). The highest BCUT2D eigenvalue weighted by Crippen LogP contribution is 2.28. The average Bonchev–Trinajstić information content (AvgIpc) is 2.98.